The van der Waals surface area contributed by atoms with Crippen molar-refractivity contribution in [1.29, 1.82) is 0 Å². The molecule has 1 atom stereocenters. The molecule has 2 aromatic heterocycles. The minimum Gasteiger partial charge on any atom is -0.355 e. The molecular weight excluding hydrogens is 351 g/mol. The molecule has 2 heterocycles. The summed E-state index contributed by atoms with van der Waals surface area (Å²) in [5.41, 5.74) is 6.43. The summed E-state index contributed by atoms with van der Waals surface area (Å²) in [6.07, 6.45) is 4.11. The molecule has 8 heteroatoms. The van der Waals surface area contributed by atoms with Gasteiger partial charge in [0, 0.05) is 30.6 Å². The van der Waals surface area contributed by atoms with E-state index in [4.69, 9.17) is 10.3 Å². The van der Waals surface area contributed by atoms with Crippen molar-refractivity contribution in [3.63, 3.8) is 0 Å². The maximum atomic E-state index is 12.3. The first kappa shape index (κ1) is 22.4. The highest BCUT2D eigenvalue weighted by Gasteiger charge is 2.27. The zero-order chi connectivity index (χ0) is 16.2. The molecular formula is C16H24Cl2N4O2. The van der Waals surface area contributed by atoms with E-state index in [0.717, 1.165) is 12.0 Å². The summed E-state index contributed by atoms with van der Waals surface area (Å²) >= 11 is 0. The summed E-state index contributed by atoms with van der Waals surface area (Å²) in [4.78, 5) is 16.3. The van der Waals surface area contributed by atoms with Crippen LogP contribution in [0, 0.1) is 5.92 Å². The second kappa shape index (κ2) is 9.61. The monoisotopic (exact) mass is 374 g/mol. The van der Waals surface area contributed by atoms with Crippen LogP contribution in [0.25, 0.3) is 11.3 Å². The molecule has 0 saturated heterocycles. The fraction of sp³-hybridized carbons (Fsp3) is 0.438. The number of hydrogen-bond acceptors (Lipinski definition) is 5. The minimum atomic E-state index is -0.457. The van der Waals surface area contributed by atoms with Gasteiger partial charge in [0.2, 0.25) is 0 Å². The first-order chi connectivity index (χ1) is 10.4. The average molecular weight is 375 g/mol. The number of nitrogens with two attached hydrogens (primary N) is 1. The number of aromatic nitrogens is 2. The van der Waals surface area contributed by atoms with Crippen LogP contribution in [0.4, 0.5) is 0 Å². The summed E-state index contributed by atoms with van der Waals surface area (Å²) < 4.78 is 5.23. The van der Waals surface area contributed by atoms with E-state index < -0.39 is 5.54 Å². The minimum absolute atomic E-state index is 0. The van der Waals surface area contributed by atoms with Crippen LogP contribution in [0.2, 0.25) is 0 Å². The SMILES string of the molecule is CC(C)CC(C)(CN)NC(=O)c1cc(-c2ccncc2)on1.Cl.Cl. The van der Waals surface area contributed by atoms with Crippen molar-refractivity contribution in [2.75, 3.05) is 6.54 Å². The van der Waals surface area contributed by atoms with Crippen LogP contribution in [0.15, 0.2) is 35.1 Å². The maximum Gasteiger partial charge on any atom is 0.273 e. The molecule has 0 aliphatic heterocycles. The Bertz CT molecular complexity index is 634. The van der Waals surface area contributed by atoms with Gasteiger partial charge >= 0.3 is 0 Å². The number of halogens is 2. The molecule has 24 heavy (non-hydrogen) atoms. The smallest absolute Gasteiger partial charge is 0.273 e. The molecule has 0 aromatic carbocycles. The van der Waals surface area contributed by atoms with Crippen molar-refractivity contribution >= 4 is 30.7 Å². The molecule has 1 unspecified atom stereocenters. The Morgan fingerprint density at radius 3 is 2.50 bits per heavy atom. The zero-order valence-electron chi connectivity index (χ0n) is 14.0. The molecule has 0 aliphatic rings. The Hall–Kier alpha value is -1.63. The number of amides is 1. The normalized spacial score (nSPS) is 12.7. The van der Waals surface area contributed by atoms with Crippen LogP contribution < -0.4 is 11.1 Å². The summed E-state index contributed by atoms with van der Waals surface area (Å²) in [5, 5.41) is 6.80. The van der Waals surface area contributed by atoms with Crippen LogP contribution in [0.5, 0.6) is 0 Å². The van der Waals surface area contributed by atoms with Crippen LogP contribution in [-0.2, 0) is 0 Å². The van der Waals surface area contributed by atoms with E-state index in [9.17, 15) is 4.79 Å². The van der Waals surface area contributed by atoms with Crippen LogP contribution >= 0.6 is 24.8 Å². The number of pyridine rings is 1. The van der Waals surface area contributed by atoms with Gasteiger partial charge in [-0.3, -0.25) is 9.78 Å². The number of carbonyl (C=O) groups excluding carboxylic acids is 1. The van der Waals surface area contributed by atoms with Gasteiger partial charge in [-0.05, 0) is 31.4 Å². The van der Waals surface area contributed by atoms with Crippen LogP contribution in [0.1, 0.15) is 37.7 Å². The van der Waals surface area contributed by atoms with Gasteiger partial charge in [0.1, 0.15) is 0 Å². The van der Waals surface area contributed by atoms with E-state index in [-0.39, 0.29) is 36.4 Å². The lowest BCUT2D eigenvalue weighted by Gasteiger charge is -2.30. The standard InChI is InChI=1S/C16H22N4O2.2ClH/c1-11(2)9-16(3,10-17)19-15(21)13-8-14(22-20-13)12-4-6-18-7-5-12;;/h4-8,11H,9-10,17H2,1-3H3,(H,19,21);2*1H. The average Bonchev–Trinajstić information content (AvgIpc) is 2.97. The first-order valence-corrected chi connectivity index (χ1v) is 7.33. The van der Waals surface area contributed by atoms with Gasteiger partial charge in [0.05, 0.1) is 5.54 Å². The lowest BCUT2D eigenvalue weighted by molar-refractivity contribution is 0.0889. The summed E-state index contributed by atoms with van der Waals surface area (Å²) in [5.74, 6) is 0.682. The molecule has 2 rings (SSSR count). The van der Waals surface area contributed by atoms with Gasteiger partial charge in [-0.2, -0.15) is 0 Å². The van der Waals surface area contributed by atoms with E-state index in [2.05, 4.69) is 29.3 Å². The Morgan fingerprint density at radius 2 is 1.96 bits per heavy atom. The molecule has 0 saturated carbocycles. The van der Waals surface area contributed by atoms with E-state index in [1.54, 1.807) is 30.6 Å². The van der Waals surface area contributed by atoms with Gasteiger partial charge < -0.3 is 15.6 Å². The third-order valence-electron chi connectivity index (χ3n) is 3.43. The fourth-order valence-electron chi connectivity index (χ4n) is 2.46. The molecule has 3 N–H and O–H groups in total. The molecule has 0 fully saturated rings. The Balaban J connectivity index is 0.00000264. The van der Waals surface area contributed by atoms with Gasteiger partial charge in [-0.1, -0.05) is 19.0 Å². The Labute approximate surface area is 154 Å². The molecule has 0 spiro atoms. The van der Waals surface area contributed by atoms with Crippen molar-refractivity contribution < 1.29 is 9.32 Å². The molecule has 6 nitrogen and oxygen atoms in total. The van der Waals surface area contributed by atoms with Crippen LogP contribution in [0.3, 0.4) is 0 Å². The summed E-state index contributed by atoms with van der Waals surface area (Å²) in [6, 6.07) is 5.22. The van der Waals surface area contributed by atoms with Crippen molar-refractivity contribution in [2.45, 2.75) is 32.7 Å². The predicted octanol–water partition coefficient (Wildman–Crippen LogP) is 3.07. The van der Waals surface area contributed by atoms with Crippen molar-refractivity contribution in [3.05, 3.63) is 36.3 Å². The quantitative estimate of drug-likeness (QED) is 0.809. The second-order valence-corrected chi connectivity index (χ2v) is 6.13. The van der Waals surface area contributed by atoms with Gasteiger partial charge in [-0.25, -0.2) is 0 Å². The lowest BCUT2D eigenvalue weighted by atomic mass is 9.90. The number of nitrogens with one attached hydrogen (secondary N) is 1. The highest BCUT2D eigenvalue weighted by Crippen LogP contribution is 2.20. The highest BCUT2D eigenvalue weighted by molar-refractivity contribution is 5.93. The summed E-state index contributed by atoms with van der Waals surface area (Å²) in [7, 11) is 0. The number of nitrogens with zero attached hydrogens (tertiary/aromatic N) is 2. The highest BCUT2D eigenvalue weighted by atomic mass is 35.5. The van der Waals surface area contributed by atoms with E-state index in [1.165, 1.54) is 0 Å². The Morgan fingerprint density at radius 1 is 1.33 bits per heavy atom. The largest absolute Gasteiger partial charge is 0.355 e. The number of hydrogen-bond donors (Lipinski definition) is 2. The van der Waals surface area contributed by atoms with E-state index >= 15 is 0 Å². The van der Waals surface area contributed by atoms with E-state index in [0.29, 0.717) is 18.2 Å². The Kier molecular flexibility index (Phi) is 8.96. The van der Waals surface area contributed by atoms with Gasteiger partial charge in [0.25, 0.3) is 5.91 Å². The fourth-order valence-corrected chi connectivity index (χ4v) is 2.46. The molecule has 0 radical (unpaired) electrons. The topological polar surface area (TPSA) is 94.0 Å². The number of rotatable bonds is 6. The third-order valence-corrected chi connectivity index (χ3v) is 3.43. The van der Waals surface area contributed by atoms with Gasteiger partial charge in [0.15, 0.2) is 11.5 Å². The third kappa shape index (κ3) is 5.78. The van der Waals surface area contributed by atoms with Crippen molar-refractivity contribution in [2.24, 2.45) is 11.7 Å². The van der Waals surface area contributed by atoms with Crippen molar-refractivity contribution in [3.8, 4) is 11.3 Å². The zero-order valence-corrected chi connectivity index (χ0v) is 15.6. The van der Waals surface area contributed by atoms with Crippen LogP contribution in [-0.4, -0.2) is 28.1 Å². The predicted molar refractivity (Wildman–Crippen MR) is 98.6 cm³/mol. The first-order valence-electron chi connectivity index (χ1n) is 7.33. The van der Waals surface area contributed by atoms with Gasteiger partial charge in [-0.15, -0.1) is 24.8 Å². The molecule has 2 aromatic rings. The maximum absolute atomic E-state index is 12.3. The second-order valence-electron chi connectivity index (χ2n) is 6.13. The molecule has 1 amide bonds. The lowest BCUT2D eigenvalue weighted by Crippen LogP contribution is -2.52. The molecule has 0 bridgehead atoms. The molecule has 0 aliphatic carbocycles. The molecule has 134 valence electrons. The summed E-state index contributed by atoms with van der Waals surface area (Å²) in [6.45, 7) is 6.50. The van der Waals surface area contributed by atoms with E-state index in [1.807, 2.05) is 6.92 Å². The number of carbonyl (C=O) groups is 1. The van der Waals surface area contributed by atoms with Crippen molar-refractivity contribution in [1.82, 2.24) is 15.5 Å².